The second kappa shape index (κ2) is 9.25. The van der Waals surface area contributed by atoms with E-state index in [-0.39, 0.29) is 29.4 Å². The number of nitrogens with zero attached hydrogens (tertiary/aromatic N) is 1. The standard InChI is InChI=1S/C18H26ClN3O.HI/c1-20-17(21-12-14-6-7-14)22-13-18(8-10-23-11-9-18)15-4-2-3-5-16(15)19;/h2-5,14H,6-13H2,1H3,(H2,20,21,22);1H. The fourth-order valence-corrected chi connectivity index (χ4v) is 3.57. The first-order valence-corrected chi connectivity index (χ1v) is 8.88. The van der Waals surface area contributed by atoms with Crippen LogP contribution < -0.4 is 10.6 Å². The van der Waals surface area contributed by atoms with Crippen molar-refractivity contribution in [3.05, 3.63) is 34.9 Å². The van der Waals surface area contributed by atoms with Crippen LogP contribution in [0.25, 0.3) is 0 Å². The van der Waals surface area contributed by atoms with Crippen molar-refractivity contribution >= 4 is 41.5 Å². The van der Waals surface area contributed by atoms with E-state index in [2.05, 4.69) is 27.8 Å². The molecule has 4 nitrogen and oxygen atoms in total. The van der Waals surface area contributed by atoms with Crippen molar-refractivity contribution in [3.63, 3.8) is 0 Å². The summed E-state index contributed by atoms with van der Waals surface area (Å²) in [7, 11) is 1.83. The fraction of sp³-hybridized carbons (Fsp3) is 0.611. The first-order chi connectivity index (χ1) is 11.2. The third-order valence-corrected chi connectivity index (χ3v) is 5.30. The first-order valence-electron chi connectivity index (χ1n) is 8.51. The van der Waals surface area contributed by atoms with Gasteiger partial charge in [0.15, 0.2) is 5.96 Å². The second-order valence-electron chi connectivity index (χ2n) is 6.62. The predicted molar refractivity (Wildman–Crippen MR) is 111 cm³/mol. The maximum absolute atomic E-state index is 6.49. The number of rotatable bonds is 5. The number of halogens is 2. The van der Waals surface area contributed by atoms with Crippen LogP contribution in [0.4, 0.5) is 0 Å². The Hall–Kier alpha value is -0.530. The topological polar surface area (TPSA) is 45.7 Å². The van der Waals surface area contributed by atoms with Crippen molar-refractivity contribution in [1.82, 2.24) is 10.6 Å². The molecule has 0 amide bonds. The lowest BCUT2D eigenvalue weighted by atomic mass is 9.74. The average Bonchev–Trinajstić information content (AvgIpc) is 3.40. The van der Waals surface area contributed by atoms with Gasteiger partial charge >= 0.3 is 0 Å². The molecule has 134 valence electrons. The molecule has 1 saturated carbocycles. The molecule has 2 N–H and O–H groups in total. The highest BCUT2D eigenvalue weighted by Crippen LogP contribution is 2.38. The van der Waals surface area contributed by atoms with Crippen molar-refractivity contribution in [2.75, 3.05) is 33.4 Å². The Morgan fingerprint density at radius 3 is 2.58 bits per heavy atom. The van der Waals surface area contributed by atoms with Gasteiger partial charge in [0.2, 0.25) is 0 Å². The Labute approximate surface area is 166 Å². The lowest BCUT2D eigenvalue weighted by molar-refractivity contribution is 0.0514. The summed E-state index contributed by atoms with van der Waals surface area (Å²) in [6.07, 6.45) is 4.63. The molecule has 2 aliphatic rings. The maximum atomic E-state index is 6.49. The minimum absolute atomic E-state index is 0. The molecule has 1 aromatic rings. The van der Waals surface area contributed by atoms with Gasteiger partial charge in [-0.25, -0.2) is 0 Å². The number of guanidine groups is 1. The van der Waals surface area contributed by atoms with Crippen molar-refractivity contribution < 1.29 is 4.74 Å². The summed E-state index contributed by atoms with van der Waals surface area (Å²) in [5.74, 6) is 1.71. The molecule has 0 spiro atoms. The van der Waals surface area contributed by atoms with Crippen LogP contribution in [0, 0.1) is 5.92 Å². The number of aliphatic imine (C=N–C) groups is 1. The van der Waals surface area contributed by atoms with Gasteiger partial charge in [-0.1, -0.05) is 29.8 Å². The van der Waals surface area contributed by atoms with Gasteiger partial charge in [0.05, 0.1) is 0 Å². The van der Waals surface area contributed by atoms with Crippen LogP contribution in [0.5, 0.6) is 0 Å². The van der Waals surface area contributed by atoms with Gasteiger partial charge in [0.1, 0.15) is 0 Å². The molecule has 2 fully saturated rings. The summed E-state index contributed by atoms with van der Waals surface area (Å²) in [6, 6.07) is 8.19. The van der Waals surface area contributed by atoms with Crippen LogP contribution in [0.15, 0.2) is 29.3 Å². The van der Waals surface area contributed by atoms with Gasteiger partial charge in [-0.15, -0.1) is 24.0 Å². The summed E-state index contributed by atoms with van der Waals surface area (Å²) < 4.78 is 5.59. The van der Waals surface area contributed by atoms with Gasteiger partial charge in [-0.05, 0) is 43.2 Å². The summed E-state index contributed by atoms with van der Waals surface area (Å²) in [4.78, 5) is 4.35. The van der Waals surface area contributed by atoms with E-state index in [4.69, 9.17) is 16.3 Å². The molecule has 0 aromatic heterocycles. The number of benzene rings is 1. The largest absolute Gasteiger partial charge is 0.381 e. The van der Waals surface area contributed by atoms with E-state index in [1.54, 1.807) is 0 Å². The second-order valence-corrected chi connectivity index (χ2v) is 7.03. The highest BCUT2D eigenvalue weighted by Gasteiger charge is 2.36. The Morgan fingerprint density at radius 1 is 1.25 bits per heavy atom. The van der Waals surface area contributed by atoms with Crippen molar-refractivity contribution in [1.29, 1.82) is 0 Å². The van der Waals surface area contributed by atoms with Crippen molar-refractivity contribution in [3.8, 4) is 0 Å². The molecule has 6 heteroatoms. The highest BCUT2D eigenvalue weighted by atomic mass is 127. The third kappa shape index (κ3) is 4.99. The van der Waals surface area contributed by atoms with E-state index in [0.29, 0.717) is 0 Å². The van der Waals surface area contributed by atoms with Gasteiger partial charge in [-0.2, -0.15) is 0 Å². The lowest BCUT2D eigenvalue weighted by Gasteiger charge is -2.38. The number of nitrogens with one attached hydrogen (secondary N) is 2. The fourth-order valence-electron chi connectivity index (χ4n) is 3.23. The van der Waals surface area contributed by atoms with Gasteiger partial charge in [0.25, 0.3) is 0 Å². The zero-order valence-electron chi connectivity index (χ0n) is 14.2. The Kier molecular flexibility index (Phi) is 7.62. The molecular weight excluding hydrogens is 437 g/mol. The average molecular weight is 464 g/mol. The monoisotopic (exact) mass is 463 g/mol. The van der Waals surface area contributed by atoms with E-state index in [0.717, 1.165) is 56.0 Å². The van der Waals surface area contributed by atoms with Gasteiger partial charge in [-0.3, -0.25) is 4.99 Å². The number of hydrogen-bond donors (Lipinski definition) is 2. The minimum atomic E-state index is 0. The molecular formula is C18H27ClIN3O. The number of ether oxygens (including phenoxy) is 1. The molecule has 0 radical (unpaired) electrons. The molecule has 0 unspecified atom stereocenters. The third-order valence-electron chi connectivity index (χ3n) is 4.97. The smallest absolute Gasteiger partial charge is 0.191 e. The zero-order chi connectivity index (χ0) is 16.1. The van der Waals surface area contributed by atoms with Crippen molar-refractivity contribution in [2.45, 2.75) is 31.1 Å². The molecule has 0 bridgehead atoms. The van der Waals surface area contributed by atoms with Gasteiger partial charge < -0.3 is 15.4 Å². The van der Waals surface area contributed by atoms with Crippen molar-refractivity contribution in [2.24, 2.45) is 10.9 Å². The van der Waals surface area contributed by atoms with E-state index >= 15 is 0 Å². The maximum Gasteiger partial charge on any atom is 0.191 e. The molecule has 0 atom stereocenters. The Morgan fingerprint density at radius 2 is 1.96 bits per heavy atom. The lowest BCUT2D eigenvalue weighted by Crippen LogP contribution is -2.48. The van der Waals surface area contributed by atoms with Crippen LogP contribution in [0.2, 0.25) is 5.02 Å². The van der Waals surface area contributed by atoms with Crippen LogP contribution in [0.1, 0.15) is 31.2 Å². The van der Waals surface area contributed by atoms with E-state index < -0.39 is 0 Å². The summed E-state index contributed by atoms with van der Waals surface area (Å²) in [6.45, 7) is 3.40. The van der Waals surface area contributed by atoms with Gasteiger partial charge in [0, 0.05) is 43.8 Å². The van der Waals surface area contributed by atoms with Crippen LogP contribution in [0.3, 0.4) is 0 Å². The summed E-state index contributed by atoms with van der Waals surface area (Å²) >= 11 is 6.49. The van der Waals surface area contributed by atoms with E-state index in [1.165, 1.54) is 18.4 Å². The molecule has 1 aliphatic carbocycles. The summed E-state index contributed by atoms with van der Waals surface area (Å²) in [5, 5.41) is 7.79. The normalized spacial score (nSPS) is 20.2. The van der Waals surface area contributed by atoms with E-state index in [9.17, 15) is 0 Å². The van der Waals surface area contributed by atoms with Crippen LogP contribution >= 0.6 is 35.6 Å². The minimum Gasteiger partial charge on any atom is -0.381 e. The first kappa shape index (κ1) is 19.8. The molecule has 3 rings (SSSR count). The highest BCUT2D eigenvalue weighted by molar-refractivity contribution is 14.0. The van der Waals surface area contributed by atoms with Crippen LogP contribution in [-0.2, 0) is 10.2 Å². The Balaban J connectivity index is 0.00000208. The summed E-state index contributed by atoms with van der Waals surface area (Å²) in [5.41, 5.74) is 1.23. The quantitative estimate of drug-likeness (QED) is 0.399. The molecule has 24 heavy (non-hydrogen) atoms. The van der Waals surface area contributed by atoms with Crippen LogP contribution in [-0.4, -0.2) is 39.3 Å². The predicted octanol–water partition coefficient (Wildman–Crippen LogP) is 3.58. The Bertz CT molecular complexity index is 557. The molecule has 1 saturated heterocycles. The number of hydrogen-bond acceptors (Lipinski definition) is 2. The SMILES string of the molecule is CN=C(NCC1CC1)NCC1(c2ccccc2Cl)CCOCC1.I. The molecule has 1 aromatic carbocycles. The zero-order valence-corrected chi connectivity index (χ0v) is 17.3. The molecule has 1 heterocycles. The molecule has 1 aliphatic heterocycles. The van der Waals surface area contributed by atoms with E-state index in [1.807, 2.05) is 19.2 Å².